The largest absolute Gasteiger partial charge is 0.331 e. The van der Waals surface area contributed by atoms with Gasteiger partial charge in [-0.05, 0) is 37.5 Å². The minimum atomic E-state index is -0.301. The van der Waals surface area contributed by atoms with Crippen molar-refractivity contribution in [3.05, 3.63) is 42.2 Å². The van der Waals surface area contributed by atoms with Crippen LogP contribution in [-0.4, -0.2) is 22.1 Å². The zero-order chi connectivity index (χ0) is 16.2. The van der Waals surface area contributed by atoms with E-state index in [9.17, 15) is 9.59 Å². The van der Waals surface area contributed by atoms with Crippen LogP contribution >= 0.6 is 0 Å². The molecule has 1 aliphatic carbocycles. The molecular weight excluding hydrogens is 294 g/mol. The summed E-state index contributed by atoms with van der Waals surface area (Å²) in [6, 6.07) is 7.03. The van der Waals surface area contributed by atoms with E-state index in [1.165, 1.54) is 6.20 Å². The minimum absolute atomic E-state index is 0.0865. The molecule has 0 saturated heterocycles. The number of H-pyrrole nitrogens is 1. The van der Waals surface area contributed by atoms with Crippen molar-refractivity contribution in [2.45, 2.75) is 25.8 Å². The molecule has 4 N–H and O–H groups in total. The van der Waals surface area contributed by atoms with Gasteiger partial charge >= 0.3 is 6.03 Å². The molecule has 0 bridgehead atoms. The Morgan fingerprint density at radius 2 is 1.91 bits per heavy atom. The lowest BCUT2D eigenvalue weighted by Crippen LogP contribution is -2.31. The molecule has 1 unspecified atom stereocenters. The lowest BCUT2D eigenvalue weighted by atomic mass is 10.1. The van der Waals surface area contributed by atoms with Crippen LogP contribution in [0.3, 0.4) is 0 Å². The van der Waals surface area contributed by atoms with Gasteiger partial charge in [-0.1, -0.05) is 12.1 Å². The molecule has 1 saturated carbocycles. The second-order valence-corrected chi connectivity index (χ2v) is 5.69. The van der Waals surface area contributed by atoms with Crippen molar-refractivity contribution in [1.29, 1.82) is 0 Å². The maximum absolute atomic E-state index is 11.9. The number of rotatable bonds is 5. The van der Waals surface area contributed by atoms with Gasteiger partial charge in [0, 0.05) is 17.8 Å². The highest BCUT2D eigenvalue weighted by Gasteiger charge is 2.29. The molecule has 1 aromatic carbocycles. The van der Waals surface area contributed by atoms with Gasteiger partial charge in [0.1, 0.15) is 0 Å². The highest BCUT2D eigenvalue weighted by atomic mass is 16.2. The summed E-state index contributed by atoms with van der Waals surface area (Å²) >= 11 is 0. The normalized spacial score (nSPS) is 14.8. The fourth-order valence-corrected chi connectivity index (χ4v) is 2.21. The van der Waals surface area contributed by atoms with Gasteiger partial charge in [0.25, 0.3) is 0 Å². The van der Waals surface area contributed by atoms with Gasteiger partial charge in [0.2, 0.25) is 5.91 Å². The van der Waals surface area contributed by atoms with Gasteiger partial charge in [0.15, 0.2) is 0 Å². The van der Waals surface area contributed by atoms with Crippen molar-refractivity contribution in [3.63, 3.8) is 0 Å². The summed E-state index contributed by atoms with van der Waals surface area (Å²) in [5.74, 6) is 0.269. The van der Waals surface area contributed by atoms with E-state index in [0.29, 0.717) is 5.69 Å². The fraction of sp³-hybridized carbons (Fsp3) is 0.312. The Hall–Kier alpha value is -2.83. The molecule has 23 heavy (non-hydrogen) atoms. The Labute approximate surface area is 133 Å². The Balaban J connectivity index is 1.53. The number of aromatic nitrogens is 2. The first-order valence-electron chi connectivity index (χ1n) is 7.59. The van der Waals surface area contributed by atoms with Crippen LogP contribution in [0.1, 0.15) is 31.4 Å². The number of hydrogen-bond donors (Lipinski definition) is 4. The SMILES string of the molecule is CC(NC(=O)Nc1cn[nH]c1)c1ccc(NC(=O)C2CC2)cc1. The number of urea groups is 1. The molecule has 7 heteroatoms. The Kier molecular flexibility index (Phi) is 4.27. The van der Waals surface area contributed by atoms with Crippen molar-refractivity contribution in [2.24, 2.45) is 5.92 Å². The van der Waals surface area contributed by atoms with E-state index in [4.69, 9.17) is 0 Å². The van der Waals surface area contributed by atoms with Crippen LogP contribution in [0.4, 0.5) is 16.2 Å². The summed E-state index contributed by atoms with van der Waals surface area (Å²) in [5.41, 5.74) is 2.34. The molecule has 0 spiro atoms. The molecule has 7 nitrogen and oxygen atoms in total. The molecule has 1 heterocycles. The molecule has 1 aromatic heterocycles. The molecule has 1 fully saturated rings. The second-order valence-electron chi connectivity index (χ2n) is 5.69. The predicted octanol–water partition coefficient (Wildman–Crippen LogP) is 2.64. The van der Waals surface area contributed by atoms with Crippen LogP contribution in [0.5, 0.6) is 0 Å². The van der Waals surface area contributed by atoms with Gasteiger partial charge in [-0.2, -0.15) is 5.10 Å². The Morgan fingerprint density at radius 3 is 2.52 bits per heavy atom. The summed E-state index contributed by atoms with van der Waals surface area (Å²) in [7, 11) is 0. The van der Waals surface area contributed by atoms with Crippen LogP contribution in [-0.2, 0) is 4.79 Å². The van der Waals surface area contributed by atoms with Crippen LogP contribution in [0, 0.1) is 5.92 Å². The molecule has 3 amide bonds. The Bertz CT molecular complexity index is 677. The molecule has 120 valence electrons. The minimum Gasteiger partial charge on any atom is -0.331 e. The number of aromatic amines is 1. The van der Waals surface area contributed by atoms with E-state index in [2.05, 4.69) is 26.1 Å². The molecule has 0 aliphatic heterocycles. The third-order valence-electron chi connectivity index (χ3n) is 3.73. The highest BCUT2D eigenvalue weighted by Crippen LogP contribution is 2.30. The summed E-state index contributed by atoms with van der Waals surface area (Å²) in [4.78, 5) is 23.6. The highest BCUT2D eigenvalue weighted by molar-refractivity contribution is 5.94. The standard InChI is InChI=1S/C16H19N5O2/c1-10(19-16(23)21-14-8-17-18-9-14)11-4-6-13(7-5-11)20-15(22)12-2-3-12/h4-10,12H,2-3H2,1H3,(H,17,18)(H,20,22)(H2,19,21,23). The van der Waals surface area contributed by atoms with Gasteiger partial charge in [0.05, 0.1) is 17.9 Å². The zero-order valence-corrected chi connectivity index (χ0v) is 12.8. The van der Waals surface area contributed by atoms with Crippen LogP contribution < -0.4 is 16.0 Å². The van der Waals surface area contributed by atoms with Crippen molar-refractivity contribution in [3.8, 4) is 0 Å². The molecule has 1 aliphatic rings. The number of carbonyl (C=O) groups excluding carboxylic acids is 2. The number of carbonyl (C=O) groups is 2. The monoisotopic (exact) mass is 313 g/mol. The van der Waals surface area contributed by atoms with Crippen molar-refractivity contribution >= 4 is 23.3 Å². The van der Waals surface area contributed by atoms with E-state index >= 15 is 0 Å². The quantitative estimate of drug-likeness (QED) is 0.683. The number of hydrogen-bond acceptors (Lipinski definition) is 3. The second kappa shape index (κ2) is 6.51. The van der Waals surface area contributed by atoms with E-state index in [-0.39, 0.29) is 23.9 Å². The van der Waals surface area contributed by atoms with Crippen LogP contribution in [0.15, 0.2) is 36.7 Å². The third kappa shape index (κ3) is 4.09. The summed E-state index contributed by atoms with van der Waals surface area (Å²) in [5, 5.41) is 14.8. The lowest BCUT2D eigenvalue weighted by molar-refractivity contribution is -0.117. The molecule has 2 aromatic rings. The molecule has 3 rings (SSSR count). The average molecular weight is 313 g/mol. The first kappa shape index (κ1) is 15.1. The van der Waals surface area contributed by atoms with Gasteiger partial charge in [-0.15, -0.1) is 0 Å². The third-order valence-corrected chi connectivity index (χ3v) is 3.73. The Morgan fingerprint density at radius 1 is 1.17 bits per heavy atom. The van der Waals surface area contributed by atoms with Gasteiger partial charge in [-0.3, -0.25) is 9.89 Å². The van der Waals surface area contributed by atoms with Crippen molar-refractivity contribution < 1.29 is 9.59 Å². The fourth-order valence-electron chi connectivity index (χ4n) is 2.21. The lowest BCUT2D eigenvalue weighted by Gasteiger charge is -2.15. The van der Waals surface area contributed by atoms with E-state index in [0.717, 1.165) is 24.1 Å². The van der Waals surface area contributed by atoms with Gasteiger partial charge in [-0.25, -0.2) is 4.79 Å². The smallest absolute Gasteiger partial charge is 0.319 e. The van der Waals surface area contributed by atoms with E-state index < -0.39 is 0 Å². The van der Waals surface area contributed by atoms with Crippen molar-refractivity contribution in [1.82, 2.24) is 15.5 Å². The van der Waals surface area contributed by atoms with Crippen LogP contribution in [0.2, 0.25) is 0 Å². The van der Waals surface area contributed by atoms with Crippen LogP contribution in [0.25, 0.3) is 0 Å². The molecular formula is C16H19N5O2. The molecule has 1 atom stereocenters. The van der Waals surface area contributed by atoms with E-state index in [1.807, 2.05) is 31.2 Å². The number of nitrogens with zero attached hydrogens (tertiary/aromatic N) is 1. The predicted molar refractivity (Wildman–Crippen MR) is 87.0 cm³/mol. The number of anilines is 2. The van der Waals surface area contributed by atoms with Crippen molar-refractivity contribution in [2.75, 3.05) is 10.6 Å². The first-order chi connectivity index (χ1) is 11.1. The maximum atomic E-state index is 11.9. The van der Waals surface area contributed by atoms with E-state index in [1.54, 1.807) is 6.20 Å². The number of amides is 3. The maximum Gasteiger partial charge on any atom is 0.319 e. The number of benzene rings is 1. The van der Waals surface area contributed by atoms with Gasteiger partial charge < -0.3 is 16.0 Å². The summed E-state index contributed by atoms with van der Waals surface area (Å²) in [6.07, 6.45) is 5.09. The summed E-state index contributed by atoms with van der Waals surface area (Å²) < 4.78 is 0. The first-order valence-corrected chi connectivity index (χ1v) is 7.59. The summed E-state index contributed by atoms with van der Waals surface area (Å²) in [6.45, 7) is 1.90. The number of nitrogens with one attached hydrogen (secondary N) is 4. The average Bonchev–Trinajstić information content (AvgIpc) is 3.27. The molecule has 0 radical (unpaired) electrons. The topological polar surface area (TPSA) is 98.9 Å². The zero-order valence-electron chi connectivity index (χ0n) is 12.8.